The predicted octanol–water partition coefficient (Wildman–Crippen LogP) is 2.80. The summed E-state index contributed by atoms with van der Waals surface area (Å²) in [5.74, 6) is -0.00110. The largest absolute Gasteiger partial charge is 0.370 e. The molecule has 0 aliphatic rings. The molecule has 0 saturated carbocycles. The van der Waals surface area contributed by atoms with E-state index in [2.05, 4.69) is 10.3 Å². The lowest BCUT2D eigenvalue weighted by Crippen LogP contribution is -2.28. The second-order valence-corrected chi connectivity index (χ2v) is 5.90. The number of nitrogens with two attached hydrogens (primary N) is 1. The zero-order chi connectivity index (χ0) is 18.5. The normalized spacial score (nSPS) is 10.5. The Morgan fingerprint density at radius 2 is 1.77 bits per heavy atom. The zero-order valence-electron chi connectivity index (χ0n) is 14.5. The first-order valence-electron chi connectivity index (χ1n) is 8.31. The van der Waals surface area contributed by atoms with Gasteiger partial charge in [-0.25, -0.2) is 4.98 Å². The third-order valence-electron chi connectivity index (χ3n) is 4.14. The number of carbonyl (C=O) groups excluding carboxylic acids is 2. The van der Waals surface area contributed by atoms with Crippen LogP contribution in [0.1, 0.15) is 16.8 Å². The number of aromatic nitrogens is 1. The molecule has 0 aliphatic heterocycles. The lowest BCUT2D eigenvalue weighted by Gasteiger charge is -2.17. The van der Waals surface area contributed by atoms with Gasteiger partial charge in [0.15, 0.2) is 0 Å². The van der Waals surface area contributed by atoms with E-state index in [0.717, 1.165) is 5.69 Å². The number of nitrogens with one attached hydrogen (secondary N) is 1. The van der Waals surface area contributed by atoms with Crippen LogP contribution in [0, 0.1) is 0 Å². The molecule has 2 amide bonds. The van der Waals surface area contributed by atoms with Gasteiger partial charge in [-0.1, -0.05) is 36.4 Å². The standard InChI is InChI=1S/C20H20N4O2/c1-24(14-7-3-2-4-8-14)19(25)11-12-22-18-13-16(20(21)26)15-9-5-6-10-17(15)23-18/h2-10,13H,11-12H2,1H3,(H2,21,26)(H,22,23). The molecule has 1 aromatic heterocycles. The first-order valence-corrected chi connectivity index (χ1v) is 8.31. The summed E-state index contributed by atoms with van der Waals surface area (Å²) in [7, 11) is 1.75. The third kappa shape index (κ3) is 3.80. The molecule has 6 heteroatoms. The quantitative estimate of drug-likeness (QED) is 0.717. The van der Waals surface area contributed by atoms with Gasteiger partial charge in [0.05, 0.1) is 11.1 Å². The van der Waals surface area contributed by atoms with Crippen LogP contribution in [0.25, 0.3) is 10.9 Å². The molecule has 0 atom stereocenters. The van der Waals surface area contributed by atoms with Gasteiger partial charge in [-0.15, -0.1) is 0 Å². The summed E-state index contributed by atoms with van der Waals surface area (Å²) >= 11 is 0. The van der Waals surface area contributed by atoms with Crippen LogP contribution in [0.4, 0.5) is 11.5 Å². The summed E-state index contributed by atoms with van der Waals surface area (Å²) in [6.07, 6.45) is 0.297. The average Bonchev–Trinajstić information content (AvgIpc) is 2.67. The second kappa shape index (κ2) is 7.65. The maximum Gasteiger partial charge on any atom is 0.249 e. The summed E-state index contributed by atoms with van der Waals surface area (Å²) in [5, 5.41) is 3.82. The van der Waals surface area contributed by atoms with Crippen LogP contribution in [0.15, 0.2) is 60.7 Å². The number of fused-ring (bicyclic) bond motifs is 1. The smallest absolute Gasteiger partial charge is 0.249 e. The maximum absolute atomic E-state index is 12.3. The van der Waals surface area contributed by atoms with E-state index in [-0.39, 0.29) is 5.91 Å². The van der Waals surface area contributed by atoms with Crippen molar-refractivity contribution in [1.29, 1.82) is 0 Å². The summed E-state index contributed by atoms with van der Waals surface area (Å²) in [4.78, 5) is 30.1. The molecular weight excluding hydrogens is 328 g/mol. The van der Waals surface area contributed by atoms with Crippen LogP contribution >= 0.6 is 0 Å². The molecule has 0 bridgehead atoms. The van der Waals surface area contributed by atoms with Gasteiger partial charge in [0.2, 0.25) is 11.8 Å². The molecule has 3 rings (SSSR count). The topological polar surface area (TPSA) is 88.3 Å². The van der Waals surface area contributed by atoms with E-state index in [0.29, 0.717) is 35.2 Å². The summed E-state index contributed by atoms with van der Waals surface area (Å²) < 4.78 is 0. The van der Waals surface area contributed by atoms with Crippen molar-refractivity contribution in [3.05, 3.63) is 66.2 Å². The van der Waals surface area contributed by atoms with E-state index in [1.807, 2.05) is 54.6 Å². The maximum atomic E-state index is 12.3. The predicted molar refractivity (Wildman–Crippen MR) is 103 cm³/mol. The molecule has 2 aromatic carbocycles. The lowest BCUT2D eigenvalue weighted by molar-refractivity contribution is -0.118. The van der Waals surface area contributed by atoms with Crippen molar-refractivity contribution < 1.29 is 9.59 Å². The number of anilines is 2. The lowest BCUT2D eigenvalue weighted by atomic mass is 10.1. The van der Waals surface area contributed by atoms with Gasteiger partial charge >= 0.3 is 0 Å². The Labute approximate surface area is 151 Å². The Kier molecular flexibility index (Phi) is 5.12. The van der Waals surface area contributed by atoms with Crippen molar-refractivity contribution in [3.8, 4) is 0 Å². The Hall–Kier alpha value is -3.41. The van der Waals surface area contributed by atoms with Crippen LogP contribution < -0.4 is 16.0 Å². The highest BCUT2D eigenvalue weighted by Gasteiger charge is 2.12. The van der Waals surface area contributed by atoms with Crippen LogP contribution in [-0.4, -0.2) is 30.4 Å². The van der Waals surface area contributed by atoms with Crippen molar-refractivity contribution in [2.45, 2.75) is 6.42 Å². The van der Waals surface area contributed by atoms with Crippen molar-refractivity contribution >= 4 is 34.2 Å². The van der Waals surface area contributed by atoms with Gasteiger partial charge in [-0.2, -0.15) is 0 Å². The van der Waals surface area contributed by atoms with E-state index in [9.17, 15) is 9.59 Å². The monoisotopic (exact) mass is 348 g/mol. The average molecular weight is 348 g/mol. The van der Waals surface area contributed by atoms with Crippen molar-refractivity contribution in [2.75, 3.05) is 23.8 Å². The van der Waals surface area contributed by atoms with E-state index in [1.165, 1.54) is 0 Å². The molecule has 0 fully saturated rings. The Balaban J connectivity index is 1.68. The van der Waals surface area contributed by atoms with Gasteiger partial charge in [0, 0.05) is 31.1 Å². The highest BCUT2D eigenvalue weighted by atomic mass is 16.2. The molecule has 26 heavy (non-hydrogen) atoms. The minimum Gasteiger partial charge on any atom is -0.370 e. The number of benzene rings is 2. The van der Waals surface area contributed by atoms with Gasteiger partial charge in [-0.05, 0) is 24.3 Å². The molecule has 6 nitrogen and oxygen atoms in total. The first kappa shape index (κ1) is 17.4. The van der Waals surface area contributed by atoms with Crippen molar-refractivity contribution in [2.24, 2.45) is 5.73 Å². The number of amides is 2. The van der Waals surface area contributed by atoms with Crippen LogP contribution in [0.3, 0.4) is 0 Å². The van der Waals surface area contributed by atoms with E-state index in [4.69, 9.17) is 5.73 Å². The van der Waals surface area contributed by atoms with E-state index in [1.54, 1.807) is 18.0 Å². The molecule has 0 spiro atoms. The summed E-state index contributed by atoms with van der Waals surface area (Å²) in [6, 6.07) is 18.4. The summed E-state index contributed by atoms with van der Waals surface area (Å²) in [5.41, 5.74) is 7.41. The molecule has 0 saturated heterocycles. The molecule has 3 aromatic rings. The number of rotatable bonds is 6. The fourth-order valence-electron chi connectivity index (χ4n) is 2.73. The number of hydrogen-bond donors (Lipinski definition) is 2. The number of para-hydroxylation sites is 2. The highest BCUT2D eigenvalue weighted by Crippen LogP contribution is 2.20. The number of carbonyl (C=O) groups is 2. The van der Waals surface area contributed by atoms with Gasteiger partial charge in [-0.3, -0.25) is 9.59 Å². The molecule has 0 unspecified atom stereocenters. The number of nitrogens with zero attached hydrogens (tertiary/aromatic N) is 2. The van der Waals surface area contributed by atoms with Gasteiger partial charge in [0.25, 0.3) is 0 Å². The Morgan fingerprint density at radius 1 is 1.08 bits per heavy atom. The number of primary amides is 1. The minimum atomic E-state index is -0.508. The van der Waals surface area contributed by atoms with Gasteiger partial charge < -0.3 is 16.0 Å². The highest BCUT2D eigenvalue weighted by molar-refractivity contribution is 6.06. The number of pyridine rings is 1. The van der Waals surface area contributed by atoms with Gasteiger partial charge in [0.1, 0.15) is 5.82 Å². The fraction of sp³-hybridized carbons (Fsp3) is 0.150. The van der Waals surface area contributed by atoms with Crippen LogP contribution in [-0.2, 0) is 4.79 Å². The third-order valence-corrected chi connectivity index (χ3v) is 4.14. The Bertz CT molecular complexity index is 941. The first-order chi connectivity index (χ1) is 12.6. The molecule has 3 N–H and O–H groups in total. The van der Waals surface area contributed by atoms with E-state index < -0.39 is 5.91 Å². The molecule has 132 valence electrons. The minimum absolute atomic E-state index is 0.0142. The summed E-state index contributed by atoms with van der Waals surface area (Å²) in [6.45, 7) is 0.402. The fourth-order valence-corrected chi connectivity index (χ4v) is 2.73. The van der Waals surface area contributed by atoms with Crippen LogP contribution in [0.5, 0.6) is 0 Å². The molecule has 1 heterocycles. The molecular formula is C20H20N4O2. The van der Waals surface area contributed by atoms with Crippen molar-refractivity contribution in [1.82, 2.24) is 4.98 Å². The van der Waals surface area contributed by atoms with Crippen LogP contribution in [0.2, 0.25) is 0 Å². The Morgan fingerprint density at radius 3 is 2.50 bits per heavy atom. The second-order valence-electron chi connectivity index (χ2n) is 5.90. The SMILES string of the molecule is CN(C(=O)CCNc1cc(C(N)=O)c2ccccc2n1)c1ccccc1. The van der Waals surface area contributed by atoms with Crippen molar-refractivity contribution in [3.63, 3.8) is 0 Å². The number of hydrogen-bond acceptors (Lipinski definition) is 4. The van der Waals surface area contributed by atoms with E-state index >= 15 is 0 Å². The molecule has 0 radical (unpaired) electrons. The molecule has 0 aliphatic carbocycles. The zero-order valence-corrected chi connectivity index (χ0v) is 14.5.